The van der Waals surface area contributed by atoms with E-state index in [1.54, 1.807) is 18.2 Å². The summed E-state index contributed by atoms with van der Waals surface area (Å²) in [4.78, 5) is 43.3. The highest BCUT2D eigenvalue weighted by atomic mass is 16.2. The van der Waals surface area contributed by atoms with Crippen molar-refractivity contribution in [1.29, 1.82) is 5.26 Å². The van der Waals surface area contributed by atoms with Crippen LogP contribution in [0.15, 0.2) is 53.3 Å². The Morgan fingerprint density at radius 2 is 1.83 bits per heavy atom. The van der Waals surface area contributed by atoms with Crippen LogP contribution >= 0.6 is 0 Å². The minimum atomic E-state index is -0.281. The van der Waals surface area contributed by atoms with Crippen molar-refractivity contribution in [3.05, 3.63) is 64.6 Å². The van der Waals surface area contributed by atoms with Crippen LogP contribution in [0.3, 0.4) is 0 Å². The number of carbonyl (C=O) groups is 2. The second-order valence-electron chi connectivity index (χ2n) is 6.96. The minimum absolute atomic E-state index is 0.0439. The van der Waals surface area contributed by atoms with Crippen molar-refractivity contribution in [1.82, 2.24) is 15.3 Å². The van der Waals surface area contributed by atoms with Crippen LogP contribution in [0.4, 0.5) is 5.69 Å². The van der Waals surface area contributed by atoms with Crippen molar-refractivity contribution in [2.75, 3.05) is 11.4 Å². The number of fused-ring (bicyclic) bond motifs is 1. The largest absolute Gasteiger partial charge is 0.350 e. The highest BCUT2D eigenvalue weighted by molar-refractivity contribution is 5.95. The van der Waals surface area contributed by atoms with Gasteiger partial charge in [0.25, 0.3) is 0 Å². The van der Waals surface area contributed by atoms with Gasteiger partial charge >= 0.3 is 5.69 Å². The Hall–Kier alpha value is -3.86. The number of para-hydroxylation sites is 1. The van der Waals surface area contributed by atoms with E-state index in [9.17, 15) is 14.4 Å². The number of aromatic nitrogens is 2. The Kier molecular flexibility index (Phi) is 6.65. The molecular formula is C22H23N5O3. The fourth-order valence-electron chi connectivity index (χ4n) is 3.24. The minimum Gasteiger partial charge on any atom is -0.350 e. The molecule has 3 rings (SSSR count). The third-order valence-electron chi connectivity index (χ3n) is 4.80. The van der Waals surface area contributed by atoms with Gasteiger partial charge in [-0.05, 0) is 36.8 Å². The van der Waals surface area contributed by atoms with Gasteiger partial charge in [-0.25, -0.2) is 4.79 Å². The fraction of sp³-hybridized carbons (Fsp3) is 0.273. The molecule has 3 N–H and O–H groups in total. The lowest BCUT2D eigenvalue weighted by molar-refractivity contribution is -0.125. The third-order valence-corrected chi connectivity index (χ3v) is 4.80. The first kappa shape index (κ1) is 20.9. The number of hydrogen-bond acceptors (Lipinski definition) is 4. The van der Waals surface area contributed by atoms with Gasteiger partial charge in [-0.2, -0.15) is 5.26 Å². The van der Waals surface area contributed by atoms with Crippen LogP contribution in [0.2, 0.25) is 0 Å². The molecule has 1 aromatic heterocycles. The van der Waals surface area contributed by atoms with Gasteiger partial charge in [0, 0.05) is 25.1 Å². The molecule has 1 atom stereocenters. The molecule has 2 amide bonds. The molecule has 30 heavy (non-hydrogen) atoms. The van der Waals surface area contributed by atoms with E-state index in [1.807, 2.05) is 43.3 Å². The van der Waals surface area contributed by atoms with E-state index in [0.29, 0.717) is 16.7 Å². The van der Waals surface area contributed by atoms with Gasteiger partial charge in [0.1, 0.15) is 0 Å². The van der Waals surface area contributed by atoms with Gasteiger partial charge in [-0.15, -0.1) is 0 Å². The van der Waals surface area contributed by atoms with Crippen LogP contribution < -0.4 is 15.9 Å². The number of carbonyl (C=O) groups excluding carboxylic acids is 2. The van der Waals surface area contributed by atoms with Crippen LogP contribution in [0.5, 0.6) is 0 Å². The van der Waals surface area contributed by atoms with Crippen molar-refractivity contribution >= 4 is 28.5 Å². The Morgan fingerprint density at radius 3 is 2.57 bits per heavy atom. The van der Waals surface area contributed by atoms with Crippen LogP contribution in [-0.2, 0) is 9.59 Å². The average Bonchev–Trinajstić information content (AvgIpc) is 3.12. The summed E-state index contributed by atoms with van der Waals surface area (Å²) in [5, 5.41) is 11.7. The molecule has 0 radical (unpaired) electrons. The van der Waals surface area contributed by atoms with Crippen LogP contribution in [-0.4, -0.2) is 28.3 Å². The molecule has 8 heteroatoms. The number of amides is 2. The second kappa shape index (κ2) is 9.56. The standard InChI is InChI=1S/C22H23N5O3/c1-15(16-8-9-18-19(14-16)26-22(30)25-18)24-20(28)10-11-21(29)27(13-5-12-23)17-6-3-2-4-7-17/h2-4,6-9,14-15H,5,10-11,13H2,1H3,(H,24,28)(H2,25,26,30). The summed E-state index contributed by atoms with van der Waals surface area (Å²) in [6.07, 6.45) is 0.304. The van der Waals surface area contributed by atoms with E-state index in [-0.39, 0.29) is 49.4 Å². The number of anilines is 1. The predicted molar refractivity (Wildman–Crippen MR) is 114 cm³/mol. The smallest absolute Gasteiger partial charge is 0.323 e. The number of nitrogens with zero attached hydrogens (tertiary/aromatic N) is 2. The summed E-state index contributed by atoms with van der Waals surface area (Å²) in [7, 11) is 0. The van der Waals surface area contributed by atoms with Gasteiger partial charge in [-0.1, -0.05) is 24.3 Å². The van der Waals surface area contributed by atoms with E-state index in [0.717, 1.165) is 5.56 Å². The molecule has 1 heterocycles. The Balaban J connectivity index is 1.58. The number of nitrogens with one attached hydrogen (secondary N) is 3. The molecule has 8 nitrogen and oxygen atoms in total. The lowest BCUT2D eigenvalue weighted by Crippen LogP contribution is -2.33. The summed E-state index contributed by atoms with van der Waals surface area (Å²) in [6, 6.07) is 16.3. The molecule has 1 unspecified atom stereocenters. The van der Waals surface area contributed by atoms with Crippen molar-refractivity contribution in [3.8, 4) is 6.07 Å². The first-order valence-electron chi connectivity index (χ1n) is 9.71. The Bertz CT molecular complexity index is 1130. The van der Waals surface area contributed by atoms with Gasteiger partial charge in [0.05, 0.1) is 29.6 Å². The molecule has 0 spiro atoms. The molecule has 2 aromatic carbocycles. The topological polar surface area (TPSA) is 122 Å². The first-order chi connectivity index (χ1) is 14.5. The number of nitriles is 1. The quantitative estimate of drug-likeness (QED) is 0.533. The maximum absolute atomic E-state index is 12.7. The van der Waals surface area contributed by atoms with Crippen LogP contribution in [0.25, 0.3) is 11.0 Å². The second-order valence-corrected chi connectivity index (χ2v) is 6.96. The summed E-state index contributed by atoms with van der Waals surface area (Å²) < 4.78 is 0. The van der Waals surface area contributed by atoms with Crippen molar-refractivity contribution in [2.45, 2.75) is 32.2 Å². The molecule has 0 saturated heterocycles. The van der Waals surface area contributed by atoms with Gasteiger partial charge in [0.15, 0.2) is 0 Å². The maximum atomic E-state index is 12.7. The molecule has 0 aliphatic carbocycles. The van der Waals surface area contributed by atoms with Crippen LogP contribution in [0.1, 0.15) is 37.8 Å². The van der Waals surface area contributed by atoms with E-state index >= 15 is 0 Å². The highest BCUT2D eigenvalue weighted by Crippen LogP contribution is 2.18. The monoisotopic (exact) mass is 405 g/mol. The number of hydrogen-bond donors (Lipinski definition) is 3. The molecule has 0 aliphatic rings. The lowest BCUT2D eigenvalue weighted by Gasteiger charge is -2.22. The van der Waals surface area contributed by atoms with E-state index in [4.69, 9.17) is 5.26 Å². The molecule has 0 fully saturated rings. The predicted octanol–water partition coefficient (Wildman–Crippen LogP) is 2.76. The normalized spacial score (nSPS) is 11.6. The lowest BCUT2D eigenvalue weighted by atomic mass is 10.1. The zero-order valence-electron chi connectivity index (χ0n) is 16.6. The maximum Gasteiger partial charge on any atom is 0.323 e. The Labute approximate surface area is 173 Å². The summed E-state index contributed by atoms with van der Waals surface area (Å²) >= 11 is 0. The summed E-state index contributed by atoms with van der Waals surface area (Å²) in [5.74, 6) is -0.447. The van der Waals surface area contributed by atoms with Crippen molar-refractivity contribution in [2.24, 2.45) is 0 Å². The zero-order chi connectivity index (χ0) is 21.5. The van der Waals surface area contributed by atoms with Crippen molar-refractivity contribution < 1.29 is 9.59 Å². The highest BCUT2D eigenvalue weighted by Gasteiger charge is 2.18. The third kappa shape index (κ3) is 5.14. The number of imidazole rings is 1. The molecule has 154 valence electrons. The van der Waals surface area contributed by atoms with E-state index < -0.39 is 0 Å². The summed E-state index contributed by atoms with van der Waals surface area (Å²) in [5.41, 5.74) is 2.64. The van der Waals surface area contributed by atoms with Gasteiger partial charge in [-0.3, -0.25) is 9.59 Å². The van der Waals surface area contributed by atoms with E-state index in [1.165, 1.54) is 4.90 Å². The van der Waals surface area contributed by atoms with Gasteiger partial charge in [0.2, 0.25) is 11.8 Å². The number of H-pyrrole nitrogens is 2. The number of rotatable bonds is 8. The molecular weight excluding hydrogens is 382 g/mol. The number of benzene rings is 2. The zero-order valence-corrected chi connectivity index (χ0v) is 16.6. The summed E-state index contributed by atoms with van der Waals surface area (Å²) in [6.45, 7) is 2.13. The van der Waals surface area contributed by atoms with Crippen molar-refractivity contribution in [3.63, 3.8) is 0 Å². The molecule has 3 aromatic rings. The first-order valence-corrected chi connectivity index (χ1v) is 9.71. The van der Waals surface area contributed by atoms with E-state index in [2.05, 4.69) is 15.3 Å². The molecule has 0 bridgehead atoms. The SMILES string of the molecule is CC(NC(=O)CCC(=O)N(CCC#N)c1ccccc1)c1ccc2[nH]c(=O)[nH]c2c1. The molecule has 0 aliphatic heterocycles. The van der Waals surface area contributed by atoms with Crippen LogP contribution in [0, 0.1) is 11.3 Å². The molecule has 0 saturated carbocycles. The number of aromatic amines is 2. The average molecular weight is 405 g/mol. The van der Waals surface area contributed by atoms with Gasteiger partial charge < -0.3 is 20.2 Å². The fourth-order valence-corrected chi connectivity index (χ4v) is 3.24. The Morgan fingerprint density at radius 1 is 1.10 bits per heavy atom.